The summed E-state index contributed by atoms with van der Waals surface area (Å²) >= 11 is 10.4. The number of nitrogens with zero attached hydrogens (tertiary/aromatic N) is 2. The van der Waals surface area contributed by atoms with Gasteiger partial charge in [0.05, 0.1) is 5.25 Å². The summed E-state index contributed by atoms with van der Waals surface area (Å²) in [5.74, 6) is 0.888. The maximum Gasteiger partial charge on any atom is 0.239 e. The van der Waals surface area contributed by atoms with Gasteiger partial charge in [-0.05, 0) is 36.4 Å². The normalized spacial score (nSPS) is 12.1. The molecule has 2 aromatic rings. The SMILES string of the molecule is CCSc1nnc(NC(=O)[C@@H](CC)Sc2ccc(Cl)cc2)s1. The van der Waals surface area contributed by atoms with Crippen LogP contribution in [0.25, 0.3) is 0 Å². The molecule has 118 valence electrons. The van der Waals surface area contributed by atoms with Crippen molar-refractivity contribution in [3.63, 3.8) is 0 Å². The molecule has 1 N–H and O–H groups in total. The summed E-state index contributed by atoms with van der Waals surface area (Å²) in [5, 5.41) is 12.0. The molecular weight excluding hydrogens is 358 g/mol. The molecule has 2 rings (SSSR count). The van der Waals surface area contributed by atoms with Crippen LogP contribution in [0.1, 0.15) is 20.3 Å². The summed E-state index contributed by atoms with van der Waals surface area (Å²) in [6, 6.07) is 7.49. The van der Waals surface area contributed by atoms with Gasteiger partial charge in [-0.1, -0.05) is 48.5 Å². The van der Waals surface area contributed by atoms with Crippen LogP contribution >= 0.6 is 46.5 Å². The van der Waals surface area contributed by atoms with E-state index in [1.165, 1.54) is 23.1 Å². The van der Waals surface area contributed by atoms with Crippen LogP contribution in [-0.2, 0) is 4.79 Å². The standard InChI is InChI=1S/C14H16ClN3OS3/c1-3-11(21-10-7-5-9(15)6-8-10)12(19)16-13-17-18-14(22-13)20-4-2/h5-8,11H,3-4H2,1-2H3,(H,16,17,19)/t11-/m1/s1. The van der Waals surface area contributed by atoms with Crippen LogP contribution in [0.2, 0.25) is 5.02 Å². The van der Waals surface area contributed by atoms with Crippen molar-refractivity contribution in [1.82, 2.24) is 10.2 Å². The molecule has 0 radical (unpaired) electrons. The van der Waals surface area contributed by atoms with Crippen LogP contribution in [0.15, 0.2) is 33.5 Å². The number of hydrogen-bond acceptors (Lipinski definition) is 6. The minimum atomic E-state index is -0.174. The molecule has 0 unspecified atom stereocenters. The Morgan fingerprint density at radius 3 is 2.68 bits per heavy atom. The van der Waals surface area contributed by atoms with Crippen LogP contribution in [0.4, 0.5) is 5.13 Å². The second-order valence-corrected chi connectivity index (χ2v) is 8.47. The van der Waals surface area contributed by atoms with Gasteiger partial charge in [0.25, 0.3) is 0 Å². The predicted molar refractivity (Wildman–Crippen MR) is 96.3 cm³/mol. The number of aromatic nitrogens is 2. The Kier molecular flexibility index (Phi) is 7.01. The lowest BCUT2D eigenvalue weighted by Gasteiger charge is -2.13. The quantitative estimate of drug-likeness (QED) is 0.557. The monoisotopic (exact) mass is 373 g/mol. The Balaban J connectivity index is 1.97. The van der Waals surface area contributed by atoms with Crippen LogP contribution in [-0.4, -0.2) is 27.1 Å². The first kappa shape index (κ1) is 17.6. The zero-order valence-corrected chi connectivity index (χ0v) is 15.4. The molecule has 1 heterocycles. The fourth-order valence-electron chi connectivity index (χ4n) is 1.63. The first-order valence-corrected chi connectivity index (χ1v) is 9.87. The summed E-state index contributed by atoms with van der Waals surface area (Å²) in [7, 11) is 0. The van der Waals surface area contributed by atoms with Gasteiger partial charge in [0.1, 0.15) is 0 Å². The van der Waals surface area contributed by atoms with E-state index in [2.05, 4.69) is 22.4 Å². The first-order chi connectivity index (χ1) is 10.6. The fourth-order valence-corrected chi connectivity index (χ4v) is 4.36. The van der Waals surface area contributed by atoms with Gasteiger partial charge in [0, 0.05) is 9.92 Å². The molecule has 0 saturated heterocycles. The molecule has 0 bridgehead atoms. The van der Waals surface area contributed by atoms with Crippen LogP contribution in [0.3, 0.4) is 0 Å². The van der Waals surface area contributed by atoms with Gasteiger partial charge in [-0.3, -0.25) is 10.1 Å². The number of benzene rings is 1. The molecular formula is C14H16ClN3OS3. The summed E-state index contributed by atoms with van der Waals surface area (Å²) in [5.41, 5.74) is 0. The number of thioether (sulfide) groups is 2. The van der Waals surface area contributed by atoms with E-state index in [1.807, 2.05) is 31.2 Å². The Morgan fingerprint density at radius 2 is 2.05 bits per heavy atom. The summed E-state index contributed by atoms with van der Waals surface area (Å²) in [6.07, 6.45) is 0.731. The van der Waals surface area contributed by atoms with E-state index in [4.69, 9.17) is 11.6 Å². The second-order valence-electron chi connectivity index (χ2n) is 4.26. The van der Waals surface area contributed by atoms with Crippen molar-refractivity contribution in [2.75, 3.05) is 11.1 Å². The Labute approximate surface area is 147 Å². The number of carbonyl (C=O) groups is 1. The van der Waals surface area contributed by atoms with E-state index < -0.39 is 0 Å². The largest absolute Gasteiger partial charge is 0.300 e. The van der Waals surface area contributed by atoms with E-state index >= 15 is 0 Å². The van der Waals surface area contributed by atoms with Crippen LogP contribution in [0, 0.1) is 0 Å². The highest BCUT2D eigenvalue weighted by atomic mass is 35.5. The van der Waals surface area contributed by atoms with Gasteiger partial charge in [-0.2, -0.15) is 0 Å². The average molecular weight is 374 g/mol. The van der Waals surface area contributed by atoms with Crippen molar-refractivity contribution >= 4 is 57.5 Å². The number of hydrogen-bond donors (Lipinski definition) is 1. The maximum atomic E-state index is 12.4. The zero-order valence-electron chi connectivity index (χ0n) is 12.2. The van der Waals surface area contributed by atoms with Crippen molar-refractivity contribution in [2.45, 2.75) is 34.8 Å². The molecule has 8 heteroatoms. The van der Waals surface area contributed by atoms with E-state index in [1.54, 1.807) is 11.8 Å². The molecule has 1 aromatic heterocycles. The minimum Gasteiger partial charge on any atom is -0.300 e. The number of rotatable bonds is 7. The van der Waals surface area contributed by atoms with Crippen LogP contribution < -0.4 is 5.32 Å². The van der Waals surface area contributed by atoms with Crippen molar-refractivity contribution in [3.05, 3.63) is 29.3 Å². The Hall–Kier alpha value is -0.760. The third kappa shape index (κ3) is 5.15. The van der Waals surface area contributed by atoms with Gasteiger partial charge >= 0.3 is 0 Å². The van der Waals surface area contributed by atoms with Gasteiger partial charge < -0.3 is 0 Å². The average Bonchev–Trinajstić information content (AvgIpc) is 2.94. The molecule has 0 aliphatic rings. The topological polar surface area (TPSA) is 54.9 Å². The van der Waals surface area contributed by atoms with Gasteiger partial charge in [0.2, 0.25) is 11.0 Å². The molecule has 22 heavy (non-hydrogen) atoms. The van der Waals surface area contributed by atoms with Gasteiger partial charge in [-0.15, -0.1) is 22.0 Å². The third-order valence-electron chi connectivity index (χ3n) is 2.66. The third-order valence-corrected chi connectivity index (χ3v) is 6.14. The number of anilines is 1. The van der Waals surface area contributed by atoms with Gasteiger partial charge in [0.15, 0.2) is 4.34 Å². The zero-order chi connectivity index (χ0) is 15.9. The lowest BCUT2D eigenvalue weighted by atomic mass is 10.3. The van der Waals surface area contributed by atoms with Crippen molar-refractivity contribution in [1.29, 1.82) is 0 Å². The second kappa shape index (κ2) is 8.76. The molecule has 0 fully saturated rings. The highest BCUT2D eigenvalue weighted by Gasteiger charge is 2.19. The number of carbonyl (C=O) groups excluding carboxylic acids is 1. The molecule has 0 saturated carbocycles. The van der Waals surface area contributed by atoms with Crippen molar-refractivity contribution in [3.8, 4) is 0 Å². The molecule has 1 atom stereocenters. The molecule has 0 aliphatic heterocycles. The van der Waals surface area contributed by atoms with Gasteiger partial charge in [-0.25, -0.2) is 0 Å². The lowest BCUT2D eigenvalue weighted by molar-refractivity contribution is -0.115. The molecule has 4 nitrogen and oxygen atoms in total. The van der Waals surface area contributed by atoms with Crippen LogP contribution in [0.5, 0.6) is 0 Å². The number of nitrogens with one attached hydrogen (secondary N) is 1. The fraction of sp³-hybridized carbons (Fsp3) is 0.357. The van der Waals surface area contributed by atoms with E-state index in [9.17, 15) is 4.79 Å². The highest BCUT2D eigenvalue weighted by molar-refractivity contribution is 8.01. The highest BCUT2D eigenvalue weighted by Crippen LogP contribution is 2.29. The Morgan fingerprint density at radius 1 is 1.32 bits per heavy atom. The predicted octanol–water partition coefficient (Wildman–Crippen LogP) is 4.81. The lowest BCUT2D eigenvalue weighted by Crippen LogP contribution is -2.24. The smallest absolute Gasteiger partial charge is 0.239 e. The summed E-state index contributed by atoms with van der Waals surface area (Å²) in [4.78, 5) is 13.4. The van der Waals surface area contributed by atoms with E-state index in [0.29, 0.717) is 10.2 Å². The number of amides is 1. The maximum absolute atomic E-state index is 12.4. The summed E-state index contributed by atoms with van der Waals surface area (Å²) in [6.45, 7) is 4.05. The molecule has 0 aliphatic carbocycles. The minimum absolute atomic E-state index is 0.0494. The molecule has 1 amide bonds. The van der Waals surface area contributed by atoms with Crippen molar-refractivity contribution in [2.24, 2.45) is 0 Å². The Bertz CT molecular complexity index is 618. The molecule has 0 spiro atoms. The first-order valence-electron chi connectivity index (χ1n) is 6.81. The molecule has 1 aromatic carbocycles. The number of halogens is 1. The van der Waals surface area contributed by atoms with E-state index in [0.717, 1.165) is 21.4 Å². The van der Waals surface area contributed by atoms with Crippen molar-refractivity contribution < 1.29 is 4.79 Å². The summed E-state index contributed by atoms with van der Waals surface area (Å²) < 4.78 is 0.871. The van der Waals surface area contributed by atoms with E-state index in [-0.39, 0.29) is 11.2 Å².